The van der Waals surface area contributed by atoms with Gasteiger partial charge in [0.25, 0.3) is 0 Å². The van der Waals surface area contributed by atoms with Crippen molar-refractivity contribution in [2.24, 2.45) is 0 Å². The van der Waals surface area contributed by atoms with E-state index < -0.39 is 0 Å². The summed E-state index contributed by atoms with van der Waals surface area (Å²) in [5.74, 6) is 2.14. The molecule has 0 atom stereocenters. The third-order valence-electron chi connectivity index (χ3n) is 2.65. The number of hydrogen-bond donors (Lipinski definition) is 1. The molecule has 0 bridgehead atoms. The molecule has 2 rings (SSSR count). The highest BCUT2D eigenvalue weighted by molar-refractivity contribution is 5.51. The van der Waals surface area contributed by atoms with Crippen LogP contribution in [0, 0.1) is 11.3 Å². The highest BCUT2D eigenvalue weighted by Gasteiger charge is 2.01. The Kier molecular flexibility index (Phi) is 4.79. The number of pyridine rings is 1. The van der Waals surface area contributed by atoms with Crippen molar-refractivity contribution in [3.8, 4) is 17.6 Å². The van der Waals surface area contributed by atoms with Gasteiger partial charge in [0.05, 0.1) is 19.2 Å². The third kappa shape index (κ3) is 3.62. The number of methoxy groups -OCH3 is 1. The molecule has 0 aliphatic rings. The van der Waals surface area contributed by atoms with E-state index in [1.54, 1.807) is 25.4 Å². The van der Waals surface area contributed by atoms with Crippen molar-refractivity contribution >= 4 is 5.82 Å². The van der Waals surface area contributed by atoms with Gasteiger partial charge in [0.1, 0.15) is 30.0 Å². The van der Waals surface area contributed by atoms with Crippen LogP contribution in [0.3, 0.4) is 0 Å². The average Bonchev–Trinajstić information content (AvgIpc) is 2.52. The first kappa shape index (κ1) is 13.7. The summed E-state index contributed by atoms with van der Waals surface area (Å²) >= 11 is 0. The second-order valence-corrected chi connectivity index (χ2v) is 3.96. The number of rotatable bonds is 6. The van der Waals surface area contributed by atoms with Crippen LogP contribution >= 0.6 is 0 Å². The van der Waals surface area contributed by atoms with Crippen molar-refractivity contribution in [2.45, 2.75) is 0 Å². The molecule has 0 spiro atoms. The van der Waals surface area contributed by atoms with Gasteiger partial charge < -0.3 is 14.8 Å². The number of hydrogen-bond acceptors (Lipinski definition) is 5. The highest BCUT2D eigenvalue weighted by Crippen LogP contribution is 2.16. The highest BCUT2D eigenvalue weighted by atomic mass is 16.5. The summed E-state index contributed by atoms with van der Waals surface area (Å²) in [4.78, 5) is 4.11. The number of nitrogens with one attached hydrogen (secondary N) is 1. The minimum atomic E-state index is 0.480. The van der Waals surface area contributed by atoms with Crippen molar-refractivity contribution in [3.05, 3.63) is 48.2 Å². The average molecular weight is 269 g/mol. The van der Waals surface area contributed by atoms with Crippen LogP contribution in [-0.2, 0) is 0 Å². The van der Waals surface area contributed by atoms with E-state index in [9.17, 15) is 0 Å². The smallest absolute Gasteiger partial charge is 0.144 e. The molecule has 0 unspecified atom stereocenters. The summed E-state index contributed by atoms with van der Waals surface area (Å²) in [5.41, 5.74) is 0.525. The van der Waals surface area contributed by atoms with E-state index in [2.05, 4.69) is 16.4 Å². The maximum atomic E-state index is 8.93. The molecule has 0 radical (unpaired) electrons. The van der Waals surface area contributed by atoms with Gasteiger partial charge in [-0.1, -0.05) is 0 Å². The van der Waals surface area contributed by atoms with Gasteiger partial charge in [0.15, 0.2) is 0 Å². The maximum absolute atomic E-state index is 8.93. The zero-order valence-corrected chi connectivity index (χ0v) is 11.2. The Hall–Kier alpha value is -2.74. The lowest BCUT2D eigenvalue weighted by Crippen LogP contribution is -2.13. The molecule has 1 heterocycles. The molecule has 1 aromatic heterocycles. The molecule has 2 aromatic rings. The monoisotopic (exact) mass is 269 g/mol. The van der Waals surface area contributed by atoms with E-state index in [1.165, 1.54) is 0 Å². The van der Waals surface area contributed by atoms with Gasteiger partial charge in [-0.25, -0.2) is 4.98 Å². The fourth-order valence-electron chi connectivity index (χ4n) is 1.65. The van der Waals surface area contributed by atoms with E-state index in [0.29, 0.717) is 24.5 Å². The number of aromatic nitrogens is 1. The standard InChI is InChI=1S/C15H15N3O2/c1-19-13-4-6-14(7-5-13)20-10-9-18-15-12(11-16)3-2-8-17-15/h2-8H,9-10H2,1H3,(H,17,18). The molecule has 0 aliphatic carbocycles. The van der Waals surface area contributed by atoms with Crippen LogP contribution in [0.4, 0.5) is 5.82 Å². The third-order valence-corrected chi connectivity index (χ3v) is 2.65. The fourth-order valence-corrected chi connectivity index (χ4v) is 1.65. The molecule has 0 amide bonds. The lowest BCUT2D eigenvalue weighted by atomic mass is 10.3. The summed E-state index contributed by atoms with van der Waals surface area (Å²) in [5, 5.41) is 12.0. The topological polar surface area (TPSA) is 67.2 Å². The molecule has 1 N–H and O–H groups in total. The second kappa shape index (κ2) is 7.00. The molecule has 0 fully saturated rings. The van der Waals surface area contributed by atoms with Crippen LogP contribution in [-0.4, -0.2) is 25.2 Å². The van der Waals surface area contributed by atoms with Crippen molar-refractivity contribution in [1.82, 2.24) is 4.98 Å². The second-order valence-electron chi connectivity index (χ2n) is 3.96. The fraction of sp³-hybridized carbons (Fsp3) is 0.200. The molecule has 5 nitrogen and oxygen atoms in total. The molecule has 0 aliphatic heterocycles. The Labute approximate surface area is 117 Å². The molecule has 20 heavy (non-hydrogen) atoms. The Bertz CT molecular complexity index is 591. The van der Waals surface area contributed by atoms with Crippen molar-refractivity contribution < 1.29 is 9.47 Å². The minimum Gasteiger partial charge on any atom is -0.497 e. The SMILES string of the molecule is COc1ccc(OCCNc2ncccc2C#N)cc1. The zero-order chi connectivity index (χ0) is 14.2. The van der Waals surface area contributed by atoms with Crippen molar-refractivity contribution in [3.63, 3.8) is 0 Å². The number of nitrogens with zero attached hydrogens (tertiary/aromatic N) is 2. The van der Waals surface area contributed by atoms with E-state index in [0.717, 1.165) is 11.5 Å². The van der Waals surface area contributed by atoms with Crippen molar-refractivity contribution in [1.29, 1.82) is 5.26 Å². The number of anilines is 1. The Morgan fingerprint density at radius 1 is 1.20 bits per heavy atom. The van der Waals surface area contributed by atoms with Crippen LogP contribution in [0.15, 0.2) is 42.6 Å². The van der Waals surface area contributed by atoms with Crippen LogP contribution in [0.1, 0.15) is 5.56 Å². The molecule has 5 heteroatoms. The Morgan fingerprint density at radius 2 is 1.95 bits per heavy atom. The first-order valence-electron chi connectivity index (χ1n) is 6.19. The van der Waals surface area contributed by atoms with E-state index in [-0.39, 0.29) is 0 Å². The van der Waals surface area contributed by atoms with E-state index >= 15 is 0 Å². The first-order chi connectivity index (χ1) is 9.83. The van der Waals surface area contributed by atoms with Crippen LogP contribution in [0.5, 0.6) is 11.5 Å². The molecule has 102 valence electrons. The molecular weight excluding hydrogens is 254 g/mol. The van der Waals surface area contributed by atoms with Gasteiger partial charge >= 0.3 is 0 Å². The Balaban J connectivity index is 1.80. The van der Waals surface area contributed by atoms with Gasteiger partial charge in [-0.2, -0.15) is 5.26 Å². The minimum absolute atomic E-state index is 0.480. The van der Waals surface area contributed by atoms with Crippen LogP contribution < -0.4 is 14.8 Å². The summed E-state index contributed by atoms with van der Waals surface area (Å²) in [6.07, 6.45) is 1.65. The predicted octanol–water partition coefficient (Wildman–Crippen LogP) is 2.45. The van der Waals surface area contributed by atoms with Gasteiger partial charge in [0.2, 0.25) is 0 Å². The summed E-state index contributed by atoms with van der Waals surface area (Å²) in [6, 6.07) is 12.9. The lowest BCUT2D eigenvalue weighted by molar-refractivity contribution is 0.331. The summed E-state index contributed by atoms with van der Waals surface area (Å²) in [7, 11) is 1.62. The summed E-state index contributed by atoms with van der Waals surface area (Å²) in [6.45, 7) is 1.05. The zero-order valence-electron chi connectivity index (χ0n) is 11.2. The van der Waals surface area contributed by atoms with Gasteiger partial charge in [0, 0.05) is 6.20 Å². The van der Waals surface area contributed by atoms with E-state index in [1.807, 2.05) is 24.3 Å². The molecule has 1 aromatic carbocycles. The first-order valence-corrected chi connectivity index (χ1v) is 6.19. The van der Waals surface area contributed by atoms with Crippen LogP contribution in [0.2, 0.25) is 0 Å². The quantitative estimate of drug-likeness (QED) is 0.816. The van der Waals surface area contributed by atoms with Crippen LogP contribution in [0.25, 0.3) is 0 Å². The van der Waals surface area contributed by atoms with Gasteiger partial charge in [-0.3, -0.25) is 0 Å². The number of ether oxygens (including phenoxy) is 2. The van der Waals surface area contributed by atoms with E-state index in [4.69, 9.17) is 14.7 Å². The molecule has 0 saturated carbocycles. The lowest BCUT2D eigenvalue weighted by Gasteiger charge is -2.09. The predicted molar refractivity (Wildman–Crippen MR) is 75.9 cm³/mol. The number of benzene rings is 1. The Morgan fingerprint density at radius 3 is 2.65 bits per heavy atom. The largest absolute Gasteiger partial charge is 0.497 e. The number of nitriles is 1. The summed E-state index contributed by atoms with van der Waals surface area (Å²) < 4.78 is 10.6. The molecular formula is C15H15N3O2. The van der Waals surface area contributed by atoms with Gasteiger partial charge in [-0.15, -0.1) is 0 Å². The molecule has 0 saturated heterocycles. The maximum Gasteiger partial charge on any atom is 0.144 e. The normalized spacial score (nSPS) is 9.60. The van der Waals surface area contributed by atoms with Gasteiger partial charge in [-0.05, 0) is 36.4 Å². The van der Waals surface area contributed by atoms with Crippen molar-refractivity contribution in [2.75, 3.05) is 25.6 Å².